The van der Waals surface area contributed by atoms with Crippen molar-refractivity contribution in [1.29, 1.82) is 0 Å². The SMILES string of the molecule is Cc1ccc2ccc(C[C@@H](O)CNC(C)(C)C)nc2c1. The molecule has 0 bridgehead atoms. The minimum absolute atomic E-state index is 0.0227. The van der Waals surface area contributed by atoms with Crippen LogP contribution in [0, 0.1) is 6.92 Å². The Kier molecular flexibility index (Phi) is 4.41. The number of aryl methyl sites for hydroxylation is 1. The molecule has 2 aromatic rings. The fraction of sp³-hybridized carbons (Fsp3) is 0.471. The van der Waals surface area contributed by atoms with Crippen molar-refractivity contribution in [2.45, 2.75) is 45.8 Å². The van der Waals surface area contributed by atoms with E-state index < -0.39 is 6.10 Å². The Balaban J connectivity index is 2.06. The number of nitrogens with zero attached hydrogens (tertiary/aromatic N) is 1. The van der Waals surface area contributed by atoms with Crippen molar-refractivity contribution in [2.24, 2.45) is 0 Å². The molecule has 108 valence electrons. The fourth-order valence-corrected chi connectivity index (χ4v) is 2.12. The van der Waals surface area contributed by atoms with Crippen molar-refractivity contribution in [3.8, 4) is 0 Å². The summed E-state index contributed by atoms with van der Waals surface area (Å²) >= 11 is 0. The summed E-state index contributed by atoms with van der Waals surface area (Å²) < 4.78 is 0. The summed E-state index contributed by atoms with van der Waals surface area (Å²) in [5.41, 5.74) is 3.16. The van der Waals surface area contributed by atoms with Gasteiger partial charge in [-0.15, -0.1) is 0 Å². The lowest BCUT2D eigenvalue weighted by Crippen LogP contribution is -2.41. The van der Waals surface area contributed by atoms with E-state index in [4.69, 9.17) is 0 Å². The molecule has 0 aliphatic carbocycles. The minimum atomic E-state index is -0.413. The van der Waals surface area contributed by atoms with Crippen molar-refractivity contribution >= 4 is 10.9 Å². The van der Waals surface area contributed by atoms with Crippen molar-refractivity contribution in [3.05, 3.63) is 41.6 Å². The fourth-order valence-electron chi connectivity index (χ4n) is 2.12. The van der Waals surface area contributed by atoms with Gasteiger partial charge in [0.1, 0.15) is 0 Å². The molecule has 0 aliphatic rings. The van der Waals surface area contributed by atoms with Gasteiger partial charge in [0.2, 0.25) is 0 Å². The average molecular weight is 272 g/mol. The summed E-state index contributed by atoms with van der Waals surface area (Å²) in [6, 6.07) is 10.3. The van der Waals surface area contributed by atoms with Crippen LogP contribution in [0.5, 0.6) is 0 Å². The van der Waals surface area contributed by atoms with Gasteiger partial charge in [0.05, 0.1) is 11.6 Å². The van der Waals surface area contributed by atoms with Crippen LogP contribution in [0.15, 0.2) is 30.3 Å². The van der Waals surface area contributed by atoms with E-state index in [1.165, 1.54) is 5.56 Å². The number of aliphatic hydroxyl groups excluding tert-OH is 1. The number of benzene rings is 1. The second kappa shape index (κ2) is 5.90. The van der Waals surface area contributed by atoms with E-state index in [-0.39, 0.29) is 5.54 Å². The topological polar surface area (TPSA) is 45.1 Å². The van der Waals surface area contributed by atoms with Gasteiger partial charge in [-0.1, -0.05) is 18.2 Å². The summed E-state index contributed by atoms with van der Waals surface area (Å²) in [6.07, 6.45) is 0.163. The minimum Gasteiger partial charge on any atom is -0.391 e. The number of aliphatic hydroxyl groups is 1. The van der Waals surface area contributed by atoms with Crippen molar-refractivity contribution in [1.82, 2.24) is 10.3 Å². The van der Waals surface area contributed by atoms with Gasteiger partial charge in [0.25, 0.3) is 0 Å². The third-order valence-corrected chi connectivity index (χ3v) is 3.22. The largest absolute Gasteiger partial charge is 0.391 e. The first kappa shape index (κ1) is 14.9. The lowest BCUT2D eigenvalue weighted by Gasteiger charge is -2.22. The molecule has 0 saturated carbocycles. The van der Waals surface area contributed by atoms with Gasteiger partial charge in [-0.2, -0.15) is 0 Å². The second-order valence-electron chi connectivity index (χ2n) is 6.49. The number of rotatable bonds is 4. The molecule has 0 saturated heterocycles. The van der Waals surface area contributed by atoms with Crippen molar-refractivity contribution in [2.75, 3.05) is 6.54 Å². The van der Waals surface area contributed by atoms with E-state index in [0.717, 1.165) is 16.6 Å². The Hall–Kier alpha value is -1.45. The first-order valence-electron chi connectivity index (χ1n) is 7.13. The standard InChI is InChI=1S/C17H24N2O/c1-12-5-6-13-7-8-14(19-16(13)9-12)10-15(20)11-18-17(2,3)4/h5-9,15,18,20H,10-11H2,1-4H3/t15-/m1/s1. The van der Waals surface area contributed by atoms with Crippen LogP contribution in [0.25, 0.3) is 10.9 Å². The number of aromatic nitrogens is 1. The number of pyridine rings is 1. The van der Waals surface area contributed by atoms with Gasteiger partial charge in [-0.3, -0.25) is 4.98 Å². The van der Waals surface area contributed by atoms with Gasteiger partial charge in [-0.25, -0.2) is 0 Å². The number of fused-ring (bicyclic) bond motifs is 1. The molecule has 2 rings (SSSR count). The molecule has 1 aromatic carbocycles. The molecule has 1 aromatic heterocycles. The van der Waals surface area contributed by atoms with E-state index in [2.05, 4.69) is 62.3 Å². The number of hydrogen-bond donors (Lipinski definition) is 2. The lowest BCUT2D eigenvalue weighted by molar-refractivity contribution is 0.160. The Morgan fingerprint density at radius 1 is 1.20 bits per heavy atom. The maximum Gasteiger partial charge on any atom is 0.0720 e. The molecular formula is C17H24N2O. The highest BCUT2D eigenvalue weighted by molar-refractivity contribution is 5.79. The summed E-state index contributed by atoms with van der Waals surface area (Å²) in [5, 5.41) is 14.5. The van der Waals surface area contributed by atoms with Crippen LogP contribution in [0.4, 0.5) is 0 Å². The Morgan fingerprint density at radius 3 is 2.60 bits per heavy atom. The molecule has 2 N–H and O–H groups in total. The van der Waals surface area contributed by atoms with E-state index in [9.17, 15) is 5.11 Å². The Morgan fingerprint density at radius 2 is 1.90 bits per heavy atom. The molecule has 3 nitrogen and oxygen atoms in total. The van der Waals surface area contributed by atoms with Crippen molar-refractivity contribution in [3.63, 3.8) is 0 Å². The molecular weight excluding hydrogens is 248 g/mol. The predicted molar refractivity (Wildman–Crippen MR) is 83.9 cm³/mol. The Bertz CT molecular complexity index is 587. The van der Waals surface area contributed by atoms with Gasteiger partial charge >= 0.3 is 0 Å². The first-order valence-corrected chi connectivity index (χ1v) is 7.13. The summed E-state index contributed by atoms with van der Waals surface area (Å²) in [6.45, 7) is 8.93. The van der Waals surface area contributed by atoms with Gasteiger partial charge in [0, 0.05) is 29.6 Å². The smallest absolute Gasteiger partial charge is 0.0720 e. The Labute approximate surface area is 121 Å². The normalized spacial score (nSPS) is 13.7. The van der Waals surface area contributed by atoms with Gasteiger partial charge in [-0.05, 0) is 45.4 Å². The average Bonchev–Trinajstić information content (AvgIpc) is 2.35. The summed E-state index contributed by atoms with van der Waals surface area (Å²) in [4.78, 5) is 4.63. The molecule has 1 atom stereocenters. The van der Waals surface area contributed by atoms with E-state index in [1.807, 2.05) is 6.07 Å². The van der Waals surface area contributed by atoms with Crippen LogP contribution in [0.3, 0.4) is 0 Å². The molecule has 0 fully saturated rings. The van der Waals surface area contributed by atoms with Crippen LogP contribution in [0.1, 0.15) is 32.0 Å². The van der Waals surface area contributed by atoms with Gasteiger partial charge in [0.15, 0.2) is 0 Å². The first-order chi connectivity index (χ1) is 9.33. The highest BCUT2D eigenvalue weighted by Gasteiger charge is 2.13. The van der Waals surface area contributed by atoms with Crippen LogP contribution in [-0.2, 0) is 6.42 Å². The molecule has 0 aliphatic heterocycles. The zero-order valence-corrected chi connectivity index (χ0v) is 12.8. The molecule has 20 heavy (non-hydrogen) atoms. The van der Waals surface area contributed by atoms with Crippen LogP contribution in [0.2, 0.25) is 0 Å². The third-order valence-electron chi connectivity index (χ3n) is 3.22. The molecule has 3 heteroatoms. The molecule has 0 unspecified atom stereocenters. The molecule has 0 spiro atoms. The zero-order valence-electron chi connectivity index (χ0n) is 12.8. The third kappa shape index (κ3) is 4.29. The number of β-amino-alcohol motifs (C(OH)–C–C–N with tert-alkyl or cyclic N) is 1. The predicted octanol–water partition coefficient (Wildman–Crippen LogP) is 2.83. The van der Waals surface area contributed by atoms with Gasteiger partial charge < -0.3 is 10.4 Å². The second-order valence-corrected chi connectivity index (χ2v) is 6.49. The zero-order chi connectivity index (χ0) is 14.8. The quantitative estimate of drug-likeness (QED) is 0.899. The van der Waals surface area contributed by atoms with E-state index >= 15 is 0 Å². The number of nitrogens with one attached hydrogen (secondary N) is 1. The monoisotopic (exact) mass is 272 g/mol. The highest BCUT2D eigenvalue weighted by atomic mass is 16.3. The van der Waals surface area contributed by atoms with Crippen LogP contribution < -0.4 is 5.32 Å². The molecule has 1 heterocycles. The van der Waals surface area contributed by atoms with Crippen molar-refractivity contribution < 1.29 is 5.11 Å². The van der Waals surface area contributed by atoms with Crippen LogP contribution in [-0.4, -0.2) is 28.3 Å². The summed E-state index contributed by atoms with van der Waals surface area (Å²) in [7, 11) is 0. The molecule has 0 radical (unpaired) electrons. The van der Waals surface area contributed by atoms with Crippen LogP contribution >= 0.6 is 0 Å². The molecule has 0 amide bonds. The summed E-state index contributed by atoms with van der Waals surface area (Å²) in [5.74, 6) is 0. The van der Waals surface area contributed by atoms with E-state index in [0.29, 0.717) is 13.0 Å². The maximum atomic E-state index is 10.1. The lowest BCUT2D eigenvalue weighted by atomic mass is 10.1. The maximum absolute atomic E-state index is 10.1. The number of hydrogen-bond acceptors (Lipinski definition) is 3. The van der Waals surface area contributed by atoms with E-state index in [1.54, 1.807) is 0 Å². The highest BCUT2D eigenvalue weighted by Crippen LogP contribution is 2.15.